The Hall–Kier alpha value is -1.64. The lowest BCUT2D eigenvalue weighted by Gasteiger charge is -2.30. The first-order chi connectivity index (χ1) is 11.6. The van der Waals surface area contributed by atoms with E-state index >= 15 is 0 Å². The molecular weight excluding hydrogens is 300 g/mol. The quantitative estimate of drug-likeness (QED) is 0.729. The molecule has 0 spiro atoms. The van der Waals surface area contributed by atoms with Gasteiger partial charge in [-0.05, 0) is 77.4 Å². The van der Waals surface area contributed by atoms with Gasteiger partial charge in [-0.25, -0.2) is 0 Å². The molecule has 1 heterocycles. The highest BCUT2D eigenvalue weighted by atomic mass is 16.5. The topological polar surface area (TPSA) is 27.7 Å². The zero-order valence-electron chi connectivity index (χ0n) is 14.8. The lowest BCUT2D eigenvalue weighted by atomic mass is 10.0. The van der Waals surface area contributed by atoms with Crippen LogP contribution in [0.3, 0.4) is 0 Å². The lowest BCUT2D eigenvalue weighted by Crippen LogP contribution is -2.28. The Morgan fingerprint density at radius 3 is 2.21 bits per heavy atom. The molecule has 1 aliphatic heterocycles. The SMILES string of the molecule is CC1(C)C=Cc2c(OC3CCCC3)cc(OC3CCCC3)cc2O1. The van der Waals surface area contributed by atoms with Crippen molar-refractivity contribution in [3.05, 3.63) is 23.8 Å². The van der Waals surface area contributed by atoms with Crippen LogP contribution in [0.1, 0.15) is 70.8 Å². The van der Waals surface area contributed by atoms with E-state index in [9.17, 15) is 0 Å². The van der Waals surface area contributed by atoms with Crippen LogP contribution in [0.25, 0.3) is 6.08 Å². The third-order valence-corrected chi connectivity index (χ3v) is 5.30. The summed E-state index contributed by atoms with van der Waals surface area (Å²) in [4.78, 5) is 0. The minimum absolute atomic E-state index is 0.288. The molecular formula is C21H28O3. The van der Waals surface area contributed by atoms with Gasteiger partial charge in [0.15, 0.2) is 0 Å². The number of rotatable bonds is 4. The number of ether oxygens (including phenoxy) is 3. The van der Waals surface area contributed by atoms with Crippen LogP contribution in [0.15, 0.2) is 18.2 Å². The summed E-state index contributed by atoms with van der Waals surface area (Å²) >= 11 is 0. The van der Waals surface area contributed by atoms with Gasteiger partial charge in [-0.3, -0.25) is 0 Å². The summed E-state index contributed by atoms with van der Waals surface area (Å²) < 4.78 is 18.7. The number of benzene rings is 1. The summed E-state index contributed by atoms with van der Waals surface area (Å²) in [6.07, 6.45) is 14.6. The van der Waals surface area contributed by atoms with Crippen molar-refractivity contribution >= 4 is 6.08 Å². The molecule has 0 N–H and O–H groups in total. The molecule has 2 saturated carbocycles. The molecule has 2 aliphatic carbocycles. The maximum atomic E-state index is 6.34. The van der Waals surface area contributed by atoms with Crippen molar-refractivity contribution in [3.8, 4) is 17.2 Å². The van der Waals surface area contributed by atoms with Crippen LogP contribution < -0.4 is 14.2 Å². The molecule has 3 heteroatoms. The van der Waals surface area contributed by atoms with Crippen LogP contribution in [-0.2, 0) is 0 Å². The Bertz CT molecular complexity index is 620. The molecule has 3 nitrogen and oxygen atoms in total. The highest BCUT2D eigenvalue weighted by Crippen LogP contribution is 2.42. The van der Waals surface area contributed by atoms with E-state index < -0.39 is 0 Å². The highest BCUT2D eigenvalue weighted by Gasteiger charge is 2.27. The first kappa shape index (κ1) is 15.9. The molecule has 0 saturated heterocycles. The van der Waals surface area contributed by atoms with E-state index in [1.165, 1.54) is 25.7 Å². The Morgan fingerprint density at radius 1 is 0.917 bits per heavy atom. The van der Waals surface area contributed by atoms with Crippen LogP contribution in [0.2, 0.25) is 0 Å². The second kappa shape index (κ2) is 6.34. The molecule has 1 aromatic rings. The summed E-state index contributed by atoms with van der Waals surface area (Å²) in [5, 5.41) is 0. The maximum Gasteiger partial charge on any atom is 0.135 e. The van der Waals surface area contributed by atoms with Gasteiger partial charge in [0.1, 0.15) is 22.8 Å². The smallest absolute Gasteiger partial charge is 0.135 e. The van der Waals surface area contributed by atoms with Gasteiger partial charge in [-0.1, -0.05) is 0 Å². The average Bonchev–Trinajstić information content (AvgIpc) is 3.19. The summed E-state index contributed by atoms with van der Waals surface area (Å²) in [6.45, 7) is 4.16. The average molecular weight is 328 g/mol. The van der Waals surface area contributed by atoms with Crippen molar-refractivity contribution in [1.29, 1.82) is 0 Å². The minimum Gasteiger partial charge on any atom is -0.490 e. The Balaban J connectivity index is 1.64. The molecule has 0 bridgehead atoms. The Kier molecular flexibility index (Phi) is 4.19. The molecule has 130 valence electrons. The van der Waals surface area contributed by atoms with Gasteiger partial charge in [0, 0.05) is 12.1 Å². The predicted octanol–water partition coefficient (Wildman–Crippen LogP) is 5.51. The molecule has 0 radical (unpaired) electrons. The highest BCUT2D eigenvalue weighted by molar-refractivity contribution is 5.69. The zero-order chi connectivity index (χ0) is 16.6. The van der Waals surface area contributed by atoms with Crippen molar-refractivity contribution < 1.29 is 14.2 Å². The third kappa shape index (κ3) is 3.40. The summed E-state index contributed by atoms with van der Waals surface area (Å²) in [6, 6.07) is 4.11. The van der Waals surface area contributed by atoms with E-state index in [2.05, 4.69) is 32.1 Å². The summed E-state index contributed by atoms with van der Waals surface area (Å²) in [5.74, 6) is 2.69. The van der Waals surface area contributed by atoms with E-state index in [-0.39, 0.29) is 5.60 Å². The molecule has 0 aromatic heterocycles. The molecule has 24 heavy (non-hydrogen) atoms. The lowest BCUT2D eigenvalue weighted by molar-refractivity contribution is 0.152. The van der Waals surface area contributed by atoms with Crippen molar-refractivity contribution in [3.63, 3.8) is 0 Å². The number of fused-ring (bicyclic) bond motifs is 1. The van der Waals surface area contributed by atoms with Crippen LogP contribution in [0, 0.1) is 0 Å². The van der Waals surface area contributed by atoms with Crippen LogP contribution in [0.5, 0.6) is 17.2 Å². The fraction of sp³-hybridized carbons (Fsp3) is 0.619. The Morgan fingerprint density at radius 2 is 1.54 bits per heavy atom. The molecule has 4 rings (SSSR count). The van der Waals surface area contributed by atoms with Crippen molar-refractivity contribution in [2.24, 2.45) is 0 Å². The molecule has 3 aliphatic rings. The van der Waals surface area contributed by atoms with Gasteiger partial charge in [-0.2, -0.15) is 0 Å². The minimum atomic E-state index is -0.288. The molecule has 0 unspecified atom stereocenters. The van der Waals surface area contributed by atoms with Crippen molar-refractivity contribution in [2.45, 2.75) is 83.0 Å². The standard InChI is InChI=1S/C21H28O3/c1-21(2)12-11-18-19(23-16-9-5-6-10-16)13-17(14-20(18)24-21)22-15-7-3-4-8-15/h11-16H,3-10H2,1-2H3. The summed E-state index contributed by atoms with van der Waals surface area (Å²) in [7, 11) is 0. The maximum absolute atomic E-state index is 6.34. The summed E-state index contributed by atoms with van der Waals surface area (Å²) in [5.41, 5.74) is 0.767. The van der Waals surface area contributed by atoms with Crippen LogP contribution in [-0.4, -0.2) is 17.8 Å². The molecule has 0 atom stereocenters. The van der Waals surface area contributed by atoms with Gasteiger partial charge >= 0.3 is 0 Å². The molecule has 1 aromatic carbocycles. The fourth-order valence-electron chi connectivity index (χ4n) is 3.98. The predicted molar refractivity (Wildman–Crippen MR) is 96.0 cm³/mol. The fourth-order valence-corrected chi connectivity index (χ4v) is 3.98. The van der Waals surface area contributed by atoms with Crippen molar-refractivity contribution in [2.75, 3.05) is 0 Å². The largest absolute Gasteiger partial charge is 0.490 e. The van der Waals surface area contributed by atoms with E-state index in [4.69, 9.17) is 14.2 Å². The van der Waals surface area contributed by atoms with Gasteiger partial charge < -0.3 is 14.2 Å². The second-order valence-corrected chi connectivity index (χ2v) is 7.92. The van der Waals surface area contributed by atoms with Crippen molar-refractivity contribution in [1.82, 2.24) is 0 Å². The van der Waals surface area contributed by atoms with E-state index in [0.717, 1.165) is 48.5 Å². The van der Waals surface area contributed by atoms with Gasteiger partial charge in [0.2, 0.25) is 0 Å². The zero-order valence-corrected chi connectivity index (χ0v) is 14.8. The van der Waals surface area contributed by atoms with Gasteiger partial charge in [0.25, 0.3) is 0 Å². The van der Waals surface area contributed by atoms with Gasteiger partial charge in [-0.15, -0.1) is 0 Å². The van der Waals surface area contributed by atoms with E-state index in [1.807, 2.05) is 6.07 Å². The second-order valence-electron chi connectivity index (χ2n) is 7.92. The first-order valence-electron chi connectivity index (χ1n) is 9.49. The molecule has 0 amide bonds. The monoisotopic (exact) mass is 328 g/mol. The van der Waals surface area contributed by atoms with Crippen LogP contribution in [0.4, 0.5) is 0 Å². The van der Waals surface area contributed by atoms with E-state index in [1.54, 1.807) is 0 Å². The third-order valence-electron chi connectivity index (χ3n) is 5.30. The van der Waals surface area contributed by atoms with Gasteiger partial charge in [0.05, 0.1) is 17.8 Å². The van der Waals surface area contributed by atoms with E-state index in [0.29, 0.717) is 12.2 Å². The number of hydrogen-bond acceptors (Lipinski definition) is 3. The first-order valence-corrected chi connectivity index (χ1v) is 9.49. The van der Waals surface area contributed by atoms with Crippen LogP contribution >= 0.6 is 0 Å². The number of hydrogen-bond donors (Lipinski definition) is 0. The normalized spacial score (nSPS) is 23.1. The Labute approximate surface area is 145 Å². The molecule has 2 fully saturated rings.